The summed E-state index contributed by atoms with van der Waals surface area (Å²) in [5, 5.41) is 3.12. The Balaban J connectivity index is 1.64. The number of amides is 1. The highest BCUT2D eigenvalue weighted by Gasteiger charge is 2.21. The zero-order valence-electron chi connectivity index (χ0n) is 16.0. The van der Waals surface area contributed by atoms with Crippen LogP contribution in [-0.4, -0.2) is 12.0 Å². The second-order valence-corrected chi connectivity index (χ2v) is 7.29. The van der Waals surface area contributed by atoms with E-state index in [1.54, 1.807) is 0 Å². The fourth-order valence-electron chi connectivity index (χ4n) is 3.52. The molecule has 3 rings (SSSR count). The Morgan fingerprint density at radius 1 is 1.08 bits per heavy atom. The first-order chi connectivity index (χ1) is 12.6. The molecule has 2 aromatic carbocycles. The number of hydrogen-bond donors (Lipinski definition) is 1. The quantitative estimate of drug-likeness (QED) is 0.803. The number of aryl methyl sites for hydroxylation is 3. The largest absolute Gasteiger partial charge is 0.481 e. The minimum absolute atomic E-state index is 0.0228. The molecule has 2 aromatic rings. The molecule has 3 heteroatoms. The van der Waals surface area contributed by atoms with Gasteiger partial charge in [0.2, 0.25) is 0 Å². The van der Waals surface area contributed by atoms with Crippen LogP contribution in [0.2, 0.25) is 0 Å². The highest BCUT2D eigenvalue weighted by molar-refractivity contribution is 5.81. The summed E-state index contributed by atoms with van der Waals surface area (Å²) in [6.45, 7) is 6.05. The SMILES string of the molecule is CC[C@H](Oc1ccc(C)cc1)C(=O)N[C@@H](C)c1ccc2c(c1)CCCC2. The monoisotopic (exact) mass is 351 g/mol. The first kappa shape index (κ1) is 18.5. The van der Waals surface area contributed by atoms with E-state index in [4.69, 9.17) is 4.74 Å². The van der Waals surface area contributed by atoms with Gasteiger partial charge in [-0.15, -0.1) is 0 Å². The average molecular weight is 351 g/mol. The molecule has 26 heavy (non-hydrogen) atoms. The van der Waals surface area contributed by atoms with Gasteiger partial charge in [0.15, 0.2) is 6.10 Å². The third-order valence-electron chi connectivity index (χ3n) is 5.19. The molecule has 0 bridgehead atoms. The normalized spacial score (nSPS) is 15.7. The molecule has 0 fully saturated rings. The Morgan fingerprint density at radius 2 is 1.77 bits per heavy atom. The third-order valence-corrected chi connectivity index (χ3v) is 5.19. The van der Waals surface area contributed by atoms with Gasteiger partial charge >= 0.3 is 0 Å². The molecule has 0 saturated carbocycles. The Kier molecular flexibility index (Phi) is 5.97. The summed E-state index contributed by atoms with van der Waals surface area (Å²) in [4.78, 5) is 12.7. The lowest BCUT2D eigenvalue weighted by Crippen LogP contribution is -2.39. The van der Waals surface area contributed by atoms with Crippen LogP contribution in [0.3, 0.4) is 0 Å². The highest BCUT2D eigenvalue weighted by Crippen LogP contribution is 2.25. The van der Waals surface area contributed by atoms with E-state index >= 15 is 0 Å². The Bertz CT molecular complexity index is 751. The summed E-state index contributed by atoms with van der Waals surface area (Å²) in [5.41, 5.74) is 5.26. The van der Waals surface area contributed by atoms with Gasteiger partial charge in [-0.1, -0.05) is 42.8 Å². The van der Waals surface area contributed by atoms with E-state index in [-0.39, 0.29) is 11.9 Å². The third kappa shape index (κ3) is 4.46. The van der Waals surface area contributed by atoms with Crippen LogP contribution in [0.1, 0.15) is 61.4 Å². The maximum absolute atomic E-state index is 12.7. The van der Waals surface area contributed by atoms with Crippen LogP contribution >= 0.6 is 0 Å². The van der Waals surface area contributed by atoms with Gasteiger partial charge in [-0.25, -0.2) is 0 Å². The van der Waals surface area contributed by atoms with Crippen molar-refractivity contribution in [1.82, 2.24) is 5.32 Å². The smallest absolute Gasteiger partial charge is 0.261 e. The van der Waals surface area contributed by atoms with Gasteiger partial charge in [-0.05, 0) is 74.8 Å². The molecule has 1 amide bonds. The van der Waals surface area contributed by atoms with Crippen LogP contribution in [0.15, 0.2) is 42.5 Å². The van der Waals surface area contributed by atoms with E-state index in [0.29, 0.717) is 6.42 Å². The number of carbonyl (C=O) groups excluding carboxylic acids is 1. The van der Waals surface area contributed by atoms with Crippen LogP contribution in [0.4, 0.5) is 0 Å². The van der Waals surface area contributed by atoms with Gasteiger partial charge in [0.1, 0.15) is 5.75 Å². The predicted octanol–water partition coefficient (Wildman–Crippen LogP) is 4.91. The maximum atomic E-state index is 12.7. The van der Waals surface area contributed by atoms with Crippen molar-refractivity contribution < 1.29 is 9.53 Å². The van der Waals surface area contributed by atoms with Crippen LogP contribution in [-0.2, 0) is 17.6 Å². The Hall–Kier alpha value is -2.29. The molecule has 0 saturated heterocycles. The van der Waals surface area contributed by atoms with Crippen LogP contribution in [0.25, 0.3) is 0 Å². The summed E-state index contributed by atoms with van der Waals surface area (Å²) in [6, 6.07) is 14.4. The molecule has 2 atom stereocenters. The van der Waals surface area contributed by atoms with Crippen molar-refractivity contribution in [3.63, 3.8) is 0 Å². The van der Waals surface area contributed by atoms with Gasteiger partial charge in [0.25, 0.3) is 5.91 Å². The van der Waals surface area contributed by atoms with Gasteiger partial charge in [-0.3, -0.25) is 4.79 Å². The van der Waals surface area contributed by atoms with Crippen molar-refractivity contribution in [2.45, 2.75) is 65.0 Å². The summed E-state index contributed by atoms with van der Waals surface area (Å²) in [7, 11) is 0. The standard InChI is InChI=1S/C23H29NO2/c1-4-22(26-21-13-9-16(2)10-14-21)23(25)24-17(3)19-12-11-18-7-5-6-8-20(18)15-19/h9-15,17,22H,4-8H2,1-3H3,(H,24,25)/t17-,22-/m0/s1. The predicted molar refractivity (Wildman–Crippen MR) is 106 cm³/mol. The van der Waals surface area contributed by atoms with E-state index in [1.165, 1.54) is 41.5 Å². The van der Waals surface area contributed by atoms with Crippen LogP contribution in [0, 0.1) is 6.92 Å². The topological polar surface area (TPSA) is 38.3 Å². The molecule has 0 unspecified atom stereocenters. The van der Waals surface area contributed by atoms with E-state index in [2.05, 4.69) is 23.5 Å². The van der Waals surface area contributed by atoms with Gasteiger partial charge in [-0.2, -0.15) is 0 Å². The van der Waals surface area contributed by atoms with Gasteiger partial charge in [0.05, 0.1) is 6.04 Å². The summed E-state index contributed by atoms with van der Waals surface area (Å²) in [5.74, 6) is 0.678. The van der Waals surface area contributed by atoms with E-state index in [9.17, 15) is 4.79 Å². The summed E-state index contributed by atoms with van der Waals surface area (Å²) < 4.78 is 5.90. The first-order valence-corrected chi connectivity index (χ1v) is 9.72. The van der Waals surface area contributed by atoms with Crippen molar-refractivity contribution >= 4 is 5.91 Å². The molecule has 138 valence electrons. The molecule has 0 heterocycles. The second kappa shape index (κ2) is 8.39. The molecule has 0 aliphatic heterocycles. The lowest BCUT2D eigenvalue weighted by Gasteiger charge is -2.22. The van der Waals surface area contributed by atoms with Crippen molar-refractivity contribution in [2.75, 3.05) is 0 Å². The number of carbonyl (C=O) groups is 1. The fourth-order valence-corrected chi connectivity index (χ4v) is 3.52. The minimum Gasteiger partial charge on any atom is -0.481 e. The molecule has 3 nitrogen and oxygen atoms in total. The molecule has 0 spiro atoms. The summed E-state index contributed by atoms with van der Waals surface area (Å²) >= 11 is 0. The van der Waals surface area contributed by atoms with Crippen LogP contribution in [0.5, 0.6) is 5.75 Å². The number of nitrogens with one attached hydrogen (secondary N) is 1. The lowest BCUT2D eigenvalue weighted by molar-refractivity contribution is -0.128. The molecule has 0 aromatic heterocycles. The van der Waals surface area contributed by atoms with Crippen molar-refractivity contribution in [3.05, 3.63) is 64.7 Å². The van der Waals surface area contributed by atoms with E-state index in [0.717, 1.165) is 12.2 Å². The number of benzene rings is 2. The zero-order valence-corrected chi connectivity index (χ0v) is 16.0. The van der Waals surface area contributed by atoms with Crippen LogP contribution < -0.4 is 10.1 Å². The fraction of sp³-hybridized carbons (Fsp3) is 0.435. The average Bonchev–Trinajstić information content (AvgIpc) is 2.67. The number of ether oxygens (including phenoxy) is 1. The molecule has 1 aliphatic rings. The Labute approximate surface area is 156 Å². The number of rotatable bonds is 6. The lowest BCUT2D eigenvalue weighted by atomic mass is 9.89. The maximum Gasteiger partial charge on any atom is 0.261 e. The van der Waals surface area contributed by atoms with Gasteiger partial charge in [0, 0.05) is 0 Å². The van der Waals surface area contributed by atoms with E-state index < -0.39 is 6.10 Å². The highest BCUT2D eigenvalue weighted by atomic mass is 16.5. The van der Waals surface area contributed by atoms with Crippen molar-refractivity contribution in [3.8, 4) is 5.75 Å². The van der Waals surface area contributed by atoms with E-state index in [1.807, 2.05) is 45.0 Å². The van der Waals surface area contributed by atoms with Crippen molar-refractivity contribution in [2.24, 2.45) is 0 Å². The van der Waals surface area contributed by atoms with Gasteiger partial charge < -0.3 is 10.1 Å². The molecule has 0 radical (unpaired) electrons. The second-order valence-electron chi connectivity index (χ2n) is 7.29. The minimum atomic E-state index is -0.474. The zero-order chi connectivity index (χ0) is 18.5. The number of hydrogen-bond acceptors (Lipinski definition) is 2. The molecule has 1 aliphatic carbocycles. The summed E-state index contributed by atoms with van der Waals surface area (Å²) in [6.07, 6.45) is 5.04. The molecular weight excluding hydrogens is 322 g/mol. The molecular formula is C23H29NO2. The first-order valence-electron chi connectivity index (χ1n) is 9.72. The molecule has 1 N–H and O–H groups in total. The number of fused-ring (bicyclic) bond motifs is 1. The van der Waals surface area contributed by atoms with Crippen molar-refractivity contribution in [1.29, 1.82) is 0 Å². The Morgan fingerprint density at radius 3 is 2.46 bits per heavy atom.